The monoisotopic (exact) mass is 315 g/mol. The molecular formula is C18H25N3O2. The number of aryl methyl sites for hydroxylation is 1. The highest BCUT2D eigenvalue weighted by Gasteiger charge is 2.18. The summed E-state index contributed by atoms with van der Waals surface area (Å²) in [6, 6.07) is 9.70. The van der Waals surface area contributed by atoms with Gasteiger partial charge in [-0.15, -0.1) is 0 Å². The Balaban J connectivity index is 2.01. The van der Waals surface area contributed by atoms with Crippen LogP contribution < -0.4 is 5.32 Å². The molecule has 0 fully saturated rings. The lowest BCUT2D eigenvalue weighted by atomic mass is 9.89. The number of aliphatic hydroxyl groups is 1. The van der Waals surface area contributed by atoms with Crippen molar-refractivity contribution in [3.63, 3.8) is 0 Å². The fourth-order valence-electron chi connectivity index (χ4n) is 2.41. The van der Waals surface area contributed by atoms with Crippen molar-refractivity contribution in [1.82, 2.24) is 15.1 Å². The molecule has 0 atom stereocenters. The summed E-state index contributed by atoms with van der Waals surface area (Å²) in [6.07, 6.45) is 3.44. The molecule has 0 radical (unpaired) electrons. The lowest BCUT2D eigenvalue weighted by Gasteiger charge is -2.21. The molecule has 0 unspecified atom stereocenters. The highest BCUT2D eigenvalue weighted by Crippen LogP contribution is 2.22. The van der Waals surface area contributed by atoms with Gasteiger partial charge in [0.2, 0.25) is 0 Å². The summed E-state index contributed by atoms with van der Waals surface area (Å²) in [7, 11) is 1.81. The number of benzene rings is 1. The molecule has 23 heavy (non-hydrogen) atoms. The van der Waals surface area contributed by atoms with Gasteiger partial charge in [0.1, 0.15) is 5.69 Å². The van der Waals surface area contributed by atoms with Gasteiger partial charge in [-0.1, -0.05) is 44.2 Å². The number of hydrogen-bond acceptors (Lipinski definition) is 3. The molecule has 2 N–H and O–H groups in total. The minimum atomic E-state index is -0.112. The first-order chi connectivity index (χ1) is 10.9. The van der Waals surface area contributed by atoms with Gasteiger partial charge in [-0.2, -0.15) is 5.10 Å². The Hall–Kier alpha value is -2.14. The van der Waals surface area contributed by atoms with E-state index in [2.05, 4.69) is 10.4 Å². The molecule has 124 valence electrons. The third-order valence-corrected chi connectivity index (χ3v) is 3.86. The van der Waals surface area contributed by atoms with Crippen molar-refractivity contribution in [3.8, 4) is 11.3 Å². The van der Waals surface area contributed by atoms with E-state index in [0.717, 1.165) is 18.4 Å². The highest BCUT2D eigenvalue weighted by molar-refractivity contribution is 5.99. The molecule has 5 heteroatoms. The minimum absolute atomic E-state index is 0.103. The Labute approximate surface area is 137 Å². The van der Waals surface area contributed by atoms with E-state index >= 15 is 0 Å². The van der Waals surface area contributed by atoms with Crippen molar-refractivity contribution in [2.45, 2.75) is 26.7 Å². The van der Waals surface area contributed by atoms with Gasteiger partial charge in [0.05, 0.1) is 5.56 Å². The Morgan fingerprint density at radius 3 is 2.65 bits per heavy atom. The lowest BCUT2D eigenvalue weighted by Crippen LogP contribution is -2.26. The molecule has 2 aromatic rings. The molecular weight excluding hydrogens is 290 g/mol. The molecule has 1 aromatic carbocycles. The van der Waals surface area contributed by atoms with Crippen molar-refractivity contribution in [3.05, 3.63) is 42.1 Å². The SMILES string of the molecule is Cn1cc(C(=O)NCCCC(C)(C)CO)c(-c2ccccc2)n1. The summed E-state index contributed by atoms with van der Waals surface area (Å²) in [4.78, 5) is 12.4. The van der Waals surface area contributed by atoms with Crippen molar-refractivity contribution >= 4 is 5.91 Å². The van der Waals surface area contributed by atoms with Gasteiger partial charge in [-0.05, 0) is 18.3 Å². The smallest absolute Gasteiger partial charge is 0.255 e. The molecule has 0 aliphatic heterocycles. The second-order valence-electron chi connectivity index (χ2n) is 6.61. The van der Waals surface area contributed by atoms with Crippen molar-refractivity contribution in [1.29, 1.82) is 0 Å². The molecule has 0 saturated carbocycles. The van der Waals surface area contributed by atoms with Crippen LogP contribution in [0, 0.1) is 5.41 Å². The maximum atomic E-state index is 12.4. The summed E-state index contributed by atoms with van der Waals surface area (Å²) in [6.45, 7) is 4.78. The lowest BCUT2D eigenvalue weighted by molar-refractivity contribution is 0.0949. The standard InChI is InChI=1S/C18H25N3O2/c1-18(2,13-22)10-7-11-19-17(23)15-12-21(3)20-16(15)14-8-5-4-6-9-14/h4-6,8-9,12,22H,7,10-11,13H2,1-3H3,(H,19,23). The maximum absolute atomic E-state index is 12.4. The summed E-state index contributed by atoms with van der Waals surface area (Å²) in [5.74, 6) is -0.112. The third-order valence-electron chi connectivity index (χ3n) is 3.86. The van der Waals surface area contributed by atoms with E-state index in [-0.39, 0.29) is 17.9 Å². The second kappa shape index (κ2) is 7.42. The molecule has 5 nitrogen and oxygen atoms in total. The number of hydrogen-bond donors (Lipinski definition) is 2. The Morgan fingerprint density at radius 2 is 2.00 bits per heavy atom. The van der Waals surface area contributed by atoms with Crippen LogP contribution in [0.5, 0.6) is 0 Å². The van der Waals surface area contributed by atoms with E-state index in [4.69, 9.17) is 0 Å². The number of amides is 1. The van der Waals surface area contributed by atoms with Crippen molar-refractivity contribution in [2.75, 3.05) is 13.2 Å². The summed E-state index contributed by atoms with van der Waals surface area (Å²) in [5.41, 5.74) is 2.11. The molecule has 0 aliphatic rings. The van der Waals surface area contributed by atoms with E-state index in [1.165, 1.54) is 0 Å². The number of aromatic nitrogens is 2. The van der Waals surface area contributed by atoms with Crippen LogP contribution in [0.4, 0.5) is 0 Å². The molecule has 0 spiro atoms. The van der Waals surface area contributed by atoms with Crippen LogP contribution in [-0.4, -0.2) is 33.9 Å². The number of carbonyl (C=O) groups excluding carboxylic acids is 1. The fourth-order valence-corrected chi connectivity index (χ4v) is 2.41. The van der Waals surface area contributed by atoms with Gasteiger partial charge in [0, 0.05) is 32.0 Å². The van der Waals surface area contributed by atoms with E-state index < -0.39 is 0 Å². The zero-order valence-corrected chi connectivity index (χ0v) is 14.0. The zero-order chi connectivity index (χ0) is 16.9. The number of nitrogens with zero attached hydrogens (tertiary/aromatic N) is 2. The first-order valence-electron chi connectivity index (χ1n) is 7.91. The van der Waals surface area contributed by atoms with E-state index in [9.17, 15) is 9.90 Å². The fraction of sp³-hybridized carbons (Fsp3) is 0.444. The third kappa shape index (κ3) is 4.66. The summed E-state index contributed by atoms with van der Waals surface area (Å²) < 4.78 is 1.66. The van der Waals surface area contributed by atoms with Gasteiger partial charge in [-0.3, -0.25) is 9.48 Å². The van der Waals surface area contributed by atoms with Crippen LogP contribution in [0.3, 0.4) is 0 Å². The first kappa shape index (κ1) is 17.2. The van der Waals surface area contributed by atoms with Gasteiger partial charge >= 0.3 is 0 Å². The van der Waals surface area contributed by atoms with E-state index in [1.54, 1.807) is 10.9 Å². The Kier molecular flexibility index (Phi) is 5.55. The molecule has 0 bridgehead atoms. The molecule has 0 saturated heterocycles. The maximum Gasteiger partial charge on any atom is 0.255 e. The van der Waals surface area contributed by atoms with Crippen LogP contribution in [0.25, 0.3) is 11.3 Å². The van der Waals surface area contributed by atoms with Gasteiger partial charge in [0.15, 0.2) is 0 Å². The summed E-state index contributed by atoms with van der Waals surface area (Å²) in [5, 5.41) is 16.6. The minimum Gasteiger partial charge on any atom is -0.396 e. The molecule has 1 amide bonds. The zero-order valence-electron chi connectivity index (χ0n) is 14.0. The molecule has 2 rings (SSSR count). The highest BCUT2D eigenvalue weighted by atomic mass is 16.3. The van der Waals surface area contributed by atoms with Crippen LogP contribution in [0.1, 0.15) is 37.0 Å². The Bertz CT molecular complexity index is 648. The van der Waals surface area contributed by atoms with Crippen LogP contribution in [0.15, 0.2) is 36.5 Å². The van der Waals surface area contributed by atoms with Crippen LogP contribution in [0.2, 0.25) is 0 Å². The molecule has 1 aromatic heterocycles. The van der Waals surface area contributed by atoms with Crippen molar-refractivity contribution < 1.29 is 9.90 Å². The number of nitrogens with one attached hydrogen (secondary N) is 1. The largest absolute Gasteiger partial charge is 0.396 e. The number of rotatable bonds is 7. The quantitative estimate of drug-likeness (QED) is 0.772. The predicted octanol–water partition coefficient (Wildman–Crippen LogP) is 2.62. The van der Waals surface area contributed by atoms with E-state index in [1.807, 2.05) is 51.2 Å². The summed E-state index contributed by atoms with van der Waals surface area (Å²) >= 11 is 0. The average molecular weight is 315 g/mol. The van der Waals surface area contributed by atoms with Crippen LogP contribution >= 0.6 is 0 Å². The first-order valence-corrected chi connectivity index (χ1v) is 7.91. The topological polar surface area (TPSA) is 67.2 Å². The van der Waals surface area contributed by atoms with E-state index in [0.29, 0.717) is 17.8 Å². The average Bonchev–Trinajstić information content (AvgIpc) is 2.94. The Morgan fingerprint density at radius 1 is 1.30 bits per heavy atom. The number of aliphatic hydroxyl groups excluding tert-OH is 1. The second-order valence-corrected chi connectivity index (χ2v) is 6.61. The predicted molar refractivity (Wildman–Crippen MR) is 91.1 cm³/mol. The normalized spacial score (nSPS) is 11.5. The van der Waals surface area contributed by atoms with Gasteiger partial charge < -0.3 is 10.4 Å². The molecule has 1 heterocycles. The van der Waals surface area contributed by atoms with Crippen molar-refractivity contribution in [2.24, 2.45) is 12.5 Å². The van der Waals surface area contributed by atoms with Gasteiger partial charge in [0.25, 0.3) is 5.91 Å². The molecule has 0 aliphatic carbocycles. The van der Waals surface area contributed by atoms with Crippen LogP contribution in [-0.2, 0) is 7.05 Å². The number of carbonyl (C=O) groups is 1. The van der Waals surface area contributed by atoms with Gasteiger partial charge in [-0.25, -0.2) is 0 Å².